The van der Waals surface area contributed by atoms with Crippen LogP contribution in [0.3, 0.4) is 0 Å². The number of nitrogens with one attached hydrogen (secondary N) is 2. The minimum atomic E-state index is -0.586. The second kappa shape index (κ2) is 7.36. The van der Waals surface area contributed by atoms with Gasteiger partial charge in [-0.05, 0) is 45.3 Å². The van der Waals surface area contributed by atoms with Gasteiger partial charge in [0.05, 0.1) is 5.56 Å². The van der Waals surface area contributed by atoms with Crippen molar-refractivity contribution in [3.8, 4) is 0 Å². The standard InChI is InChI=1S/C15H23FN4O/c1-3-17-14-13(16)12(6-7-18-14)15(21)19-9-11-5-4-8-20(2)10-11/h6-7,11H,3-5,8-10H2,1-2H3,(H,17,18)(H,19,21). The average Bonchev–Trinajstić information content (AvgIpc) is 2.47. The summed E-state index contributed by atoms with van der Waals surface area (Å²) in [6.07, 6.45) is 3.70. The van der Waals surface area contributed by atoms with Gasteiger partial charge in [0.15, 0.2) is 11.6 Å². The maximum atomic E-state index is 14.1. The number of hydrogen-bond donors (Lipinski definition) is 2. The molecular formula is C15H23FN4O. The maximum absolute atomic E-state index is 14.1. The molecule has 2 N–H and O–H groups in total. The topological polar surface area (TPSA) is 57.3 Å². The Bertz CT molecular complexity index is 495. The molecule has 116 valence electrons. The van der Waals surface area contributed by atoms with Crippen LogP contribution in [0.5, 0.6) is 0 Å². The summed E-state index contributed by atoms with van der Waals surface area (Å²) >= 11 is 0. The molecule has 1 atom stereocenters. The van der Waals surface area contributed by atoms with E-state index >= 15 is 0 Å². The number of hydrogen-bond acceptors (Lipinski definition) is 4. The lowest BCUT2D eigenvalue weighted by Gasteiger charge is -2.29. The minimum absolute atomic E-state index is 0.0464. The summed E-state index contributed by atoms with van der Waals surface area (Å²) in [5.41, 5.74) is 0.0464. The molecule has 0 saturated carbocycles. The second-order valence-electron chi connectivity index (χ2n) is 5.53. The van der Waals surface area contributed by atoms with Crippen LogP contribution >= 0.6 is 0 Å². The molecule has 1 aliphatic heterocycles. The largest absolute Gasteiger partial charge is 0.368 e. The highest BCUT2D eigenvalue weighted by Gasteiger charge is 2.20. The Kier molecular flexibility index (Phi) is 5.50. The highest BCUT2D eigenvalue weighted by atomic mass is 19.1. The van der Waals surface area contributed by atoms with E-state index in [0.717, 1.165) is 25.9 Å². The summed E-state index contributed by atoms with van der Waals surface area (Å²) in [5, 5.41) is 5.65. The van der Waals surface area contributed by atoms with Crippen molar-refractivity contribution in [1.29, 1.82) is 0 Å². The van der Waals surface area contributed by atoms with Gasteiger partial charge < -0.3 is 15.5 Å². The van der Waals surface area contributed by atoms with Gasteiger partial charge in [0, 0.05) is 25.8 Å². The Morgan fingerprint density at radius 3 is 3.10 bits per heavy atom. The molecule has 0 aliphatic carbocycles. The molecule has 0 bridgehead atoms. The number of likely N-dealkylation sites (tertiary alicyclic amines) is 1. The Morgan fingerprint density at radius 2 is 2.38 bits per heavy atom. The van der Waals surface area contributed by atoms with Crippen LogP contribution in [-0.2, 0) is 0 Å². The number of nitrogens with zero attached hydrogens (tertiary/aromatic N) is 2. The summed E-state index contributed by atoms with van der Waals surface area (Å²) in [4.78, 5) is 18.3. The zero-order valence-electron chi connectivity index (χ0n) is 12.7. The van der Waals surface area contributed by atoms with Gasteiger partial charge in [0.25, 0.3) is 5.91 Å². The molecule has 1 amide bonds. The first-order valence-electron chi connectivity index (χ1n) is 7.47. The van der Waals surface area contributed by atoms with Gasteiger partial charge in [-0.25, -0.2) is 9.37 Å². The van der Waals surface area contributed by atoms with Crippen molar-refractivity contribution < 1.29 is 9.18 Å². The number of pyridine rings is 1. The van der Waals surface area contributed by atoms with Crippen LogP contribution in [-0.4, -0.2) is 49.0 Å². The Hall–Kier alpha value is -1.69. The minimum Gasteiger partial charge on any atom is -0.368 e. The van der Waals surface area contributed by atoms with Gasteiger partial charge >= 0.3 is 0 Å². The maximum Gasteiger partial charge on any atom is 0.254 e. The number of rotatable bonds is 5. The van der Waals surface area contributed by atoms with E-state index in [9.17, 15) is 9.18 Å². The summed E-state index contributed by atoms with van der Waals surface area (Å²) in [7, 11) is 2.08. The molecule has 0 radical (unpaired) electrons. The van der Waals surface area contributed by atoms with Crippen molar-refractivity contribution in [2.24, 2.45) is 5.92 Å². The van der Waals surface area contributed by atoms with Crippen LogP contribution in [0.15, 0.2) is 12.3 Å². The van der Waals surface area contributed by atoms with Gasteiger partial charge in [0.1, 0.15) is 0 Å². The van der Waals surface area contributed by atoms with Crippen molar-refractivity contribution in [3.63, 3.8) is 0 Å². The highest BCUT2D eigenvalue weighted by Crippen LogP contribution is 2.16. The molecule has 0 aromatic carbocycles. The van der Waals surface area contributed by atoms with E-state index in [4.69, 9.17) is 0 Å². The first kappa shape index (κ1) is 15.7. The average molecular weight is 294 g/mol. The highest BCUT2D eigenvalue weighted by molar-refractivity contribution is 5.95. The second-order valence-corrected chi connectivity index (χ2v) is 5.53. The van der Waals surface area contributed by atoms with Gasteiger partial charge in [-0.1, -0.05) is 0 Å². The summed E-state index contributed by atoms with van der Waals surface area (Å²) < 4.78 is 14.1. The van der Waals surface area contributed by atoms with E-state index < -0.39 is 5.82 Å². The normalized spacial score (nSPS) is 19.3. The molecule has 1 aliphatic rings. The molecule has 1 aromatic rings. The van der Waals surface area contributed by atoms with Crippen molar-refractivity contribution in [3.05, 3.63) is 23.6 Å². The van der Waals surface area contributed by atoms with Crippen molar-refractivity contribution >= 4 is 11.7 Å². The van der Waals surface area contributed by atoms with Gasteiger partial charge in [-0.3, -0.25) is 4.79 Å². The van der Waals surface area contributed by atoms with Crippen LogP contribution in [0.25, 0.3) is 0 Å². The molecule has 2 rings (SSSR count). The summed E-state index contributed by atoms with van der Waals surface area (Å²) in [5.74, 6) is -0.395. The number of aromatic nitrogens is 1. The first-order valence-corrected chi connectivity index (χ1v) is 7.47. The molecule has 1 unspecified atom stereocenters. The van der Waals surface area contributed by atoms with Crippen molar-refractivity contribution in [1.82, 2.24) is 15.2 Å². The molecule has 1 aromatic heterocycles. The van der Waals surface area contributed by atoms with Gasteiger partial charge in [-0.15, -0.1) is 0 Å². The van der Waals surface area contributed by atoms with Crippen LogP contribution in [0.1, 0.15) is 30.1 Å². The summed E-state index contributed by atoms with van der Waals surface area (Å²) in [6, 6.07) is 1.42. The lowest BCUT2D eigenvalue weighted by Crippen LogP contribution is -2.39. The molecule has 5 nitrogen and oxygen atoms in total. The SMILES string of the molecule is CCNc1nccc(C(=O)NCC2CCCN(C)C2)c1F. The lowest BCUT2D eigenvalue weighted by atomic mass is 9.98. The van der Waals surface area contributed by atoms with Gasteiger partial charge in [0.2, 0.25) is 0 Å². The molecule has 1 fully saturated rings. The van der Waals surface area contributed by atoms with Crippen LogP contribution in [0.2, 0.25) is 0 Å². The fraction of sp³-hybridized carbons (Fsp3) is 0.600. The van der Waals surface area contributed by atoms with Crippen molar-refractivity contribution in [2.45, 2.75) is 19.8 Å². The molecule has 1 saturated heterocycles. The number of piperidine rings is 1. The molecule has 0 spiro atoms. The number of carbonyl (C=O) groups excluding carboxylic acids is 1. The van der Waals surface area contributed by atoms with Crippen LogP contribution < -0.4 is 10.6 Å². The van der Waals surface area contributed by atoms with E-state index in [1.807, 2.05) is 6.92 Å². The molecule has 2 heterocycles. The first-order chi connectivity index (χ1) is 10.1. The number of carbonyl (C=O) groups is 1. The van der Waals surface area contributed by atoms with E-state index in [1.165, 1.54) is 12.3 Å². The van der Waals surface area contributed by atoms with E-state index in [0.29, 0.717) is 19.0 Å². The third kappa shape index (κ3) is 4.14. The van der Waals surface area contributed by atoms with E-state index in [1.54, 1.807) is 0 Å². The van der Waals surface area contributed by atoms with Gasteiger partial charge in [-0.2, -0.15) is 0 Å². The quantitative estimate of drug-likeness (QED) is 0.868. The third-order valence-electron chi connectivity index (χ3n) is 3.75. The van der Waals surface area contributed by atoms with Crippen molar-refractivity contribution in [2.75, 3.05) is 38.5 Å². The Morgan fingerprint density at radius 1 is 1.57 bits per heavy atom. The fourth-order valence-corrected chi connectivity index (χ4v) is 2.68. The molecule has 6 heteroatoms. The smallest absolute Gasteiger partial charge is 0.254 e. The predicted octanol–water partition coefficient (Wildman–Crippen LogP) is 1.72. The fourth-order valence-electron chi connectivity index (χ4n) is 2.68. The monoisotopic (exact) mass is 294 g/mol. The lowest BCUT2D eigenvalue weighted by molar-refractivity contribution is 0.0932. The van der Waals surface area contributed by atoms with Crippen LogP contribution in [0.4, 0.5) is 10.2 Å². The van der Waals surface area contributed by atoms with Crippen LogP contribution in [0, 0.1) is 11.7 Å². The Balaban J connectivity index is 1.95. The number of anilines is 1. The van der Waals surface area contributed by atoms with E-state index in [2.05, 4.69) is 27.6 Å². The number of halogens is 1. The predicted molar refractivity (Wildman–Crippen MR) is 80.9 cm³/mol. The zero-order valence-corrected chi connectivity index (χ0v) is 12.7. The Labute approximate surface area is 124 Å². The zero-order chi connectivity index (χ0) is 15.2. The third-order valence-corrected chi connectivity index (χ3v) is 3.75. The summed E-state index contributed by atoms with van der Waals surface area (Å²) in [6.45, 7) is 5.08. The molecular weight excluding hydrogens is 271 g/mol. The van der Waals surface area contributed by atoms with E-state index in [-0.39, 0.29) is 17.3 Å². The molecule has 21 heavy (non-hydrogen) atoms. The number of amides is 1.